The number of halogens is 2. The first-order chi connectivity index (χ1) is 8.81. The second kappa shape index (κ2) is 5.27. The molecule has 0 aromatic carbocycles. The van der Waals surface area contributed by atoms with Crippen LogP contribution in [-0.2, 0) is 16.6 Å². The van der Waals surface area contributed by atoms with Crippen LogP contribution in [-0.4, -0.2) is 27.9 Å². The van der Waals surface area contributed by atoms with Gasteiger partial charge in [0.05, 0.1) is 6.54 Å². The van der Waals surface area contributed by atoms with Crippen molar-refractivity contribution in [2.24, 2.45) is 7.05 Å². The summed E-state index contributed by atoms with van der Waals surface area (Å²) >= 11 is 11.3. The minimum absolute atomic E-state index is 0.168. The highest BCUT2D eigenvalue weighted by atomic mass is 35.5. The summed E-state index contributed by atoms with van der Waals surface area (Å²) in [6.07, 6.45) is 3.76. The lowest BCUT2D eigenvalue weighted by molar-refractivity contribution is -0.672. The molecule has 2 rings (SSSR count). The van der Waals surface area contributed by atoms with Crippen molar-refractivity contribution < 1.29 is 14.1 Å². The molecule has 0 N–H and O–H groups in total. The molecule has 1 aromatic heterocycles. The number of aromatic nitrogens is 1. The molecule has 4 nitrogen and oxygen atoms in total. The number of hydrogen-bond donors (Lipinski definition) is 0. The van der Waals surface area contributed by atoms with Gasteiger partial charge in [-0.15, -0.1) is 0 Å². The van der Waals surface area contributed by atoms with Gasteiger partial charge in [-0.3, -0.25) is 4.79 Å². The number of hydrogen-bond acceptors (Lipinski definition) is 2. The third kappa shape index (κ3) is 3.02. The highest BCUT2D eigenvalue weighted by molar-refractivity contribution is 6.53. The Bertz CT molecular complexity index is 491. The summed E-state index contributed by atoms with van der Waals surface area (Å²) < 4.78 is 7.89. The summed E-state index contributed by atoms with van der Waals surface area (Å²) in [5.41, 5.74) is 0.312. The summed E-state index contributed by atoms with van der Waals surface area (Å²) in [6, 6.07) is 3.93. The first-order valence-electron chi connectivity index (χ1n) is 6.04. The molecule has 1 saturated heterocycles. The standard InChI is InChI=1S/C13H17Cl2N2O2/c1-13(2)17(12(18)11(14)15)8-10(19-13)9-5-4-6-16(3)7-9/h4-7,10-11H,8H2,1-3H3/q+1. The van der Waals surface area contributed by atoms with Crippen molar-refractivity contribution in [3.8, 4) is 0 Å². The quantitative estimate of drug-likeness (QED) is 0.618. The topological polar surface area (TPSA) is 33.4 Å². The zero-order valence-electron chi connectivity index (χ0n) is 11.1. The molecule has 0 bridgehead atoms. The van der Waals surface area contributed by atoms with Gasteiger partial charge < -0.3 is 9.64 Å². The molecule has 1 aliphatic heterocycles. The molecule has 1 fully saturated rings. The summed E-state index contributed by atoms with van der Waals surface area (Å²) in [6.45, 7) is 4.12. The van der Waals surface area contributed by atoms with Crippen LogP contribution in [0.3, 0.4) is 0 Å². The van der Waals surface area contributed by atoms with E-state index in [1.165, 1.54) is 0 Å². The average Bonchev–Trinajstić information content (AvgIpc) is 2.64. The van der Waals surface area contributed by atoms with Crippen LogP contribution in [0.1, 0.15) is 25.5 Å². The Morgan fingerprint density at radius 3 is 2.84 bits per heavy atom. The second-order valence-corrected chi connectivity index (χ2v) is 6.20. The number of rotatable bonds is 2. The van der Waals surface area contributed by atoms with Crippen LogP contribution in [0.5, 0.6) is 0 Å². The van der Waals surface area contributed by atoms with E-state index in [1.54, 1.807) is 4.90 Å². The molecular weight excluding hydrogens is 287 g/mol. The van der Waals surface area contributed by atoms with Gasteiger partial charge >= 0.3 is 0 Å². The van der Waals surface area contributed by atoms with E-state index in [4.69, 9.17) is 27.9 Å². The Balaban J connectivity index is 2.23. The third-order valence-corrected chi connectivity index (χ3v) is 3.59. The Morgan fingerprint density at radius 1 is 1.58 bits per heavy atom. The van der Waals surface area contributed by atoms with E-state index < -0.39 is 10.6 Å². The molecule has 1 aliphatic rings. The lowest BCUT2D eigenvalue weighted by Gasteiger charge is -2.30. The van der Waals surface area contributed by atoms with Crippen molar-refractivity contribution in [1.82, 2.24) is 4.90 Å². The predicted molar refractivity (Wildman–Crippen MR) is 72.7 cm³/mol. The van der Waals surface area contributed by atoms with E-state index in [2.05, 4.69) is 0 Å². The number of pyridine rings is 1. The van der Waals surface area contributed by atoms with Crippen LogP contribution in [0.15, 0.2) is 24.5 Å². The van der Waals surface area contributed by atoms with Crippen LogP contribution in [0.4, 0.5) is 0 Å². The van der Waals surface area contributed by atoms with Gasteiger partial charge in [0.25, 0.3) is 5.91 Å². The van der Waals surface area contributed by atoms with Gasteiger partial charge in [-0.25, -0.2) is 4.57 Å². The monoisotopic (exact) mass is 303 g/mol. The summed E-state index contributed by atoms with van der Waals surface area (Å²) in [5, 5.41) is 0. The Kier molecular flexibility index (Phi) is 4.04. The van der Waals surface area contributed by atoms with E-state index in [0.29, 0.717) is 6.54 Å². The van der Waals surface area contributed by atoms with E-state index in [0.717, 1.165) is 5.56 Å². The van der Waals surface area contributed by atoms with Crippen molar-refractivity contribution in [3.05, 3.63) is 30.1 Å². The van der Waals surface area contributed by atoms with Crippen molar-refractivity contribution in [1.29, 1.82) is 0 Å². The number of carbonyl (C=O) groups excluding carboxylic acids is 1. The zero-order chi connectivity index (χ0) is 14.2. The van der Waals surface area contributed by atoms with Crippen LogP contribution in [0.25, 0.3) is 0 Å². The average molecular weight is 304 g/mol. The maximum Gasteiger partial charge on any atom is 0.258 e. The number of amides is 1. The third-order valence-electron chi connectivity index (χ3n) is 3.22. The molecule has 0 saturated carbocycles. The number of carbonyl (C=O) groups is 1. The van der Waals surface area contributed by atoms with Gasteiger partial charge in [0, 0.05) is 11.6 Å². The summed E-state index contributed by atoms with van der Waals surface area (Å²) in [4.78, 5) is 12.5. The van der Waals surface area contributed by atoms with Crippen molar-refractivity contribution >= 4 is 29.1 Å². The van der Waals surface area contributed by atoms with E-state index in [-0.39, 0.29) is 12.0 Å². The van der Waals surface area contributed by atoms with Crippen molar-refractivity contribution in [2.75, 3.05) is 6.54 Å². The largest absolute Gasteiger partial charge is 0.346 e. The fraction of sp³-hybridized carbons (Fsp3) is 0.538. The summed E-state index contributed by atoms with van der Waals surface area (Å²) in [5.74, 6) is -0.323. The van der Waals surface area contributed by atoms with Crippen molar-refractivity contribution in [2.45, 2.75) is 30.5 Å². The molecule has 2 heterocycles. The second-order valence-electron chi connectivity index (χ2n) is 5.11. The van der Waals surface area contributed by atoms with Gasteiger partial charge in [0.2, 0.25) is 0 Å². The molecule has 19 heavy (non-hydrogen) atoms. The van der Waals surface area contributed by atoms with Gasteiger partial charge in [-0.05, 0) is 19.9 Å². The van der Waals surface area contributed by atoms with Crippen molar-refractivity contribution in [3.63, 3.8) is 0 Å². The minimum Gasteiger partial charge on any atom is -0.346 e. The smallest absolute Gasteiger partial charge is 0.258 e. The van der Waals surface area contributed by atoms with E-state index >= 15 is 0 Å². The van der Waals surface area contributed by atoms with Gasteiger partial charge in [0.15, 0.2) is 17.2 Å². The van der Waals surface area contributed by atoms with Gasteiger partial charge in [-0.1, -0.05) is 23.2 Å². The van der Waals surface area contributed by atoms with E-state index in [1.807, 2.05) is 50.0 Å². The summed E-state index contributed by atoms with van der Waals surface area (Å²) in [7, 11) is 1.94. The highest BCUT2D eigenvalue weighted by Gasteiger charge is 2.44. The fourth-order valence-electron chi connectivity index (χ4n) is 2.28. The van der Waals surface area contributed by atoms with Crippen LogP contribution in [0, 0.1) is 0 Å². The predicted octanol–water partition coefficient (Wildman–Crippen LogP) is 1.95. The molecule has 0 spiro atoms. The lowest BCUT2D eigenvalue weighted by Crippen LogP contribution is -2.45. The Morgan fingerprint density at radius 2 is 2.26 bits per heavy atom. The molecule has 6 heteroatoms. The number of aryl methyl sites for hydroxylation is 1. The lowest BCUT2D eigenvalue weighted by atomic mass is 10.1. The maximum atomic E-state index is 12.0. The van der Waals surface area contributed by atoms with Crippen LogP contribution < -0.4 is 4.57 Å². The van der Waals surface area contributed by atoms with Crippen LogP contribution in [0.2, 0.25) is 0 Å². The molecular formula is C13H17Cl2N2O2+. The molecule has 1 atom stereocenters. The first kappa shape index (κ1) is 14.6. The zero-order valence-corrected chi connectivity index (χ0v) is 12.6. The highest BCUT2D eigenvalue weighted by Crippen LogP contribution is 2.36. The van der Waals surface area contributed by atoms with E-state index in [9.17, 15) is 4.79 Å². The first-order valence-corrected chi connectivity index (χ1v) is 6.91. The SMILES string of the molecule is C[n+]1cccc(C2CN(C(=O)C(Cl)Cl)C(C)(C)O2)c1. The van der Waals surface area contributed by atoms with Gasteiger partial charge in [0.1, 0.15) is 18.9 Å². The number of nitrogens with zero attached hydrogens (tertiary/aromatic N) is 2. The maximum absolute atomic E-state index is 12.0. The molecule has 0 aliphatic carbocycles. The molecule has 1 amide bonds. The molecule has 1 unspecified atom stereocenters. The van der Waals surface area contributed by atoms with Gasteiger partial charge in [-0.2, -0.15) is 0 Å². The normalized spacial score (nSPS) is 22.0. The van der Waals surface area contributed by atoms with Crippen LogP contribution >= 0.6 is 23.2 Å². The molecule has 1 aromatic rings. The fourth-order valence-corrected chi connectivity index (χ4v) is 2.52. The Hall–Kier alpha value is -0.840. The molecule has 0 radical (unpaired) electrons. The minimum atomic E-state index is -1.06. The number of alkyl halides is 2. The molecule has 104 valence electrons. The Labute approximate surface area is 122 Å². The number of ether oxygens (including phenoxy) is 1.